The highest BCUT2D eigenvalue weighted by atomic mass is 15.3. The first kappa shape index (κ1) is 7.53. The minimum absolute atomic E-state index is 0.419. The topological polar surface area (TPSA) is 55.3 Å². The van der Waals surface area contributed by atoms with Gasteiger partial charge in [0.25, 0.3) is 0 Å². The molecule has 64 valence electrons. The van der Waals surface area contributed by atoms with Crippen LogP contribution >= 0.6 is 0 Å². The molecule has 2 fully saturated rings. The molecule has 4 N–H and O–H groups in total. The number of hydrogen-bond acceptors (Lipinski definition) is 3. The molecule has 0 radical (unpaired) electrons. The molecule has 0 spiro atoms. The molecule has 1 aliphatic carbocycles. The predicted octanol–water partition coefficient (Wildman–Crippen LogP) is -0.491. The number of hydrogen-bond donors (Lipinski definition) is 2. The highest BCUT2D eigenvalue weighted by molar-refractivity contribution is 4.95. The Hall–Kier alpha value is -0.120. The van der Waals surface area contributed by atoms with Crippen LogP contribution in [0, 0.1) is 0 Å². The van der Waals surface area contributed by atoms with E-state index in [0.717, 1.165) is 13.1 Å². The Balaban J connectivity index is 1.85. The lowest BCUT2D eigenvalue weighted by molar-refractivity contribution is 0.0886. The maximum absolute atomic E-state index is 5.95. The Labute approximate surface area is 67.7 Å². The van der Waals surface area contributed by atoms with Crippen molar-refractivity contribution >= 4 is 0 Å². The van der Waals surface area contributed by atoms with Crippen LogP contribution in [-0.2, 0) is 0 Å². The van der Waals surface area contributed by atoms with Crippen LogP contribution < -0.4 is 11.5 Å². The number of nitrogens with zero attached hydrogens (tertiary/aromatic N) is 1. The SMILES string of the molecule is NC1CN(C2CCC[C@@H]2N)C1. The van der Waals surface area contributed by atoms with E-state index in [4.69, 9.17) is 11.5 Å². The monoisotopic (exact) mass is 155 g/mol. The Morgan fingerprint density at radius 1 is 1.09 bits per heavy atom. The summed E-state index contributed by atoms with van der Waals surface area (Å²) in [5.74, 6) is 0. The standard InChI is InChI=1S/C8H17N3/c9-6-4-11(5-6)8-3-1-2-7(8)10/h6-8H,1-5,9-10H2/t7-,8?/m0/s1. The summed E-state index contributed by atoms with van der Waals surface area (Å²) < 4.78 is 0. The molecule has 11 heavy (non-hydrogen) atoms. The van der Waals surface area contributed by atoms with Gasteiger partial charge in [0.05, 0.1) is 0 Å². The van der Waals surface area contributed by atoms with Crippen molar-refractivity contribution in [1.82, 2.24) is 4.90 Å². The fourth-order valence-corrected chi connectivity index (χ4v) is 2.24. The summed E-state index contributed by atoms with van der Waals surface area (Å²) in [7, 11) is 0. The lowest BCUT2D eigenvalue weighted by Crippen LogP contribution is -2.61. The molecule has 3 nitrogen and oxygen atoms in total. The van der Waals surface area contributed by atoms with Crippen molar-refractivity contribution in [3.8, 4) is 0 Å². The van der Waals surface area contributed by atoms with Gasteiger partial charge in [-0.2, -0.15) is 0 Å². The van der Waals surface area contributed by atoms with Crippen LogP contribution in [0.3, 0.4) is 0 Å². The molecule has 1 heterocycles. The van der Waals surface area contributed by atoms with Crippen molar-refractivity contribution < 1.29 is 0 Å². The molecule has 0 bridgehead atoms. The van der Waals surface area contributed by atoms with Gasteiger partial charge < -0.3 is 11.5 Å². The molecule has 2 aliphatic rings. The Morgan fingerprint density at radius 2 is 1.82 bits per heavy atom. The molecule has 1 saturated heterocycles. The average molecular weight is 155 g/mol. The summed E-state index contributed by atoms with van der Waals surface area (Å²) in [6.07, 6.45) is 3.79. The van der Waals surface area contributed by atoms with E-state index in [1.807, 2.05) is 0 Å². The normalized spacial score (nSPS) is 40.9. The first-order chi connectivity index (χ1) is 5.27. The van der Waals surface area contributed by atoms with Gasteiger partial charge in [0, 0.05) is 31.2 Å². The zero-order valence-electron chi connectivity index (χ0n) is 6.87. The number of nitrogens with two attached hydrogens (primary N) is 2. The van der Waals surface area contributed by atoms with E-state index in [-0.39, 0.29) is 0 Å². The third kappa shape index (κ3) is 1.28. The molecule has 0 amide bonds. The van der Waals surface area contributed by atoms with E-state index in [0.29, 0.717) is 18.1 Å². The van der Waals surface area contributed by atoms with Crippen LogP contribution in [0.2, 0.25) is 0 Å². The second-order valence-corrected chi connectivity index (χ2v) is 3.88. The van der Waals surface area contributed by atoms with Gasteiger partial charge in [-0.15, -0.1) is 0 Å². The van der Waals surface area contributed by atoms with E-state index >= 15 is 0 Å². The largest absolute Gasteiger partial charge is 0.326 e. The van der Waals surface area contributed by atoms with Gasteiger partial charge in [-0.1, -0.05) is 6.42 Å². The molecule has 0 aromatic heterocycles. The van der Waals surface area contributed by atoms with Crippen LogP contribution in [0.5, 0.6) is 0 Å². The van der Waals surface area contributed by atoms with E-state index in [1.165, 1.54) is 19.3 Å². The zero-order valence-corrected chi connectivity index (χ0v) is 6.87. The Kier molecular flexibility index (Phi) is 1.87. The van der Waals surface area contributed by atoms with Crippen molar-refractivity contribution in [2.45, 2.75) is 37.4 Å². The smallest absolute Gasteiger partial charge is 0.0297 e. The fraction of sp³-hybridized carbons (Fsp3) is 1.00. The predicted molar refractivity (Wildman–Crippen MR) is 45.2 cm³/mol. The number of likely N-dealkylation sites (tertiary alicyclic amines) is 1. The summed E-state index contributed by atoms with van der Waals surface area (Å²) in [5.41, 5.74) is 11.7. The maximum atomic E-state index is 5.95. The number of rotatable bonds is 1. The second kappa shape index (κ2) is 2.73. The molecular formula is C8H17N3. The Morgan fingerprint density at radius 3 is 2.27 bits per heavy atom. The van der Waals surface area contributed by atoms with E-state index in [2.05, 4.69) is 4.90 Å². The lowest BCUT2D eigenvalue weighted by Gasteiger charge is -2.42. The van der Waals surface area contributed by atoms with Crippen molar-refractivity contribution in [3.63, 3.8) is 0 Å². The third-order valence-electron chi connectivity index (χ3n) is 2.94. The lowest BCUT2D eigenvalue weighted by atomic mass is 10.0. The maximum Gasteiger partial charge on any atom is 0.0297 e. The van der Waals surface area contributed by atoms with Gasteiger partial charge in [0.15, 0.2) is 0 Å². The third-order valence-corrected chi connectivity index (χ3v) is 2.94. The Bertz CT molecular complexity index is 142. The van der Waals surface area contributed by atoms with Gasteiger partial charge >= 0.3 is 0 Å². The van der Waals surface area contributed by atoms with Crippen molar-refractivity contribution in [1.29, 1.82) is 0 Å². The van der Waals surface area contributed by atoms with Gasteiger partial charge in [0.1, 0.15) is 0 Å². The average Bonchev–Trinajstić information content (AvgIpc) is 2.29. The summed E-state index contributed by atoms with van der Waals surface area (Å²) in [4.78, 5) is 2.43. The highest BCUT2D eigenvalue weighted by Gasteiger charge is 2.35. The quantitative estimate of drug-likeness (QED) is 0.537. The van der Waals surface area contributed by atoms with Gasteiger partial charge in [0.2, 0.25) is 0 Å². The van der Waals surface area contributed by atoms with Gasteiger partial charge in [-0.3, -0.25) is 4.90 Å². The van der Waals surface area contributed by atoms with E-state index in [1.54, 1.807) is 0 Å². The second-order valence-electron chi connectivity index (χ2n) is 3.88. The minimum Gasteiger partial charge on any atom is -0.326 e. The summed E-state index contributed by atoms with van der Waals surface area (Å²) in [6, 6.07) is 1.49. The minimum atomic E-state index is 0.419. The molecule has 0 aromatic carbocycles. The summed E-state index contributed by atoms with van der Waals surface area (Å²) >= 11 is 0. The van der Waals surface area contributed by atoms with Crippen LogP contribution in [0.4, 0.5) is 0 Å². The highest BCUT2D eigenvalue weighted by Crippen LogP contribution is 2.25. The first-order valence-corrected chi connectivity index (χ1v) is 4.52. The molecule has 0 aromatic rings. The molecule has 3 heteroatoms. The van der Waals surface area contributed by atoms with Crippen LogP contribution in [0.15, 0.2) is 0 Å². The van der Waals surface area contributed by atoms with Crippen molar-refractivity contribution in [2.75, 3.05) is 13.1 Å². The molecule has 1 saturated carbocycles. The van der Waals surface area contributed by atoms with Crippen molar-refractivity contribution in [3.05, 3.63) is 0 Å². The van der Waals surface area contributed by atoms with Crippen LogP contribution in [0.1, 0.15) is 19.3 Å². The van der Waals surface area contributed by atoms with Gasteiger partial charge in [-0.05, 0) is 12.8 Å². The summed E-state index contributed by atoms with van der Waals surface area (Å²) in [5, 5.41) is 0. The molecule has 2 atom stereocenters. The van der Waals surface area contributed by atoms with E-state index in [9.17, 15) is 0 Å². The van der Waals surface area contributed by atoms with Gasteiger partial charge in [-0.25, -0.2) is 0 Å². The molecule has 2 rings (SSSR count). The molecule has 1 aliphatic heterocycles. The van der Waals surface area contributed by atoms with Crippen molar-refractivity contribution in [2.24, 2.45) is 11.5 Å². The van der Waals surface area contributed by atoms with E-state index < -0.39 is 0 Å². The molecule has 1 unspecified atom stereocenters. The van der Waals surface area contributed by atoms with Crippen LogP contribution in [-0.4, -0.2) is 36.1 Å². The van der Waals surface area contributed by atoms with Crippen LogP contribution in [0.25, 0.3) is 0 Å². The molecular weight excluding hydrogens is 138 g/mol. The fourth-order valence-electron chi connectivity index (χ4n) is 2.24. The zero-order chi connectivity index (χ0) is 7.84. The first-order valence-electron chi connectivity index (χ1n) is 4.52. The summed E-state index contributed by atoms with van der Waals surface area (Å²) in [6.45, 7) is 2.14.